The number of hydrogen-bond acceptors (Lipinski definition) is 4. The highest BCUT2D eigenvalue weighted by Gasteiger charge is 2.13. The predicted molar refractivity (Wildman–Crippen MR) is 124 cm³/mol. The Morgan fingerprint density at radius 2 is 1.93 bits per heavy atom. The molecule has 0 aliphatic rings. The van der Waals surface area contributed by atoms with E-state index in [2.05, 4.69) is 59.1 Å². The van der Waals surface area contributed by atoms with Crippen molar-refractivity contribution in [3.63, 3.8) is 0 Å². The standard InChI is InChI=1S/C23H25BrN2O2S/c1-23(2,3)17-9-11-19(12-10-17)28-13-5-8-21(27)26-22-25-20(15-29-22)16-6-4-7-18(24)14-16/h4,6-7,9-12,14-15H,5,8,13H2,1-3H3,(H,25,26,27). The van der Waals surface area contributed by atoms with Crippen LogP contribution < -0.4 is 10.1 Å². The number of anilines is 1. The minimum Gasteiger partial charge on any atom is -0.494 e. The number of carbonyl (C=O) groups is 1. The second-order valence-electron chi connectivity index (χ2n) is 7.82. The van der Waals surface area contributed by atoms with Crippen LogP contribution in [0.3, 0.4) is 0 Å². The third-order valence-corrected chi connectivity index (χ3v) is 5.66. The van der Waals surface area contributed by atoms with E-state index in [1.54, 1.807) is 0 Å². The van der Waals surface area contributed by atoms with E-state index in [1.165, 1.54) is 16.9 Å². The molecule has 0 bridgehead atoms. The van der Waals surface area contributed by atoms with Gasteiger partial charge < -0.3 is 10.1 Å². The Kier molecular flexibility index (Phi) is 7.09. The molecule has 152 valence electrons. The largest absolute Gasteiger partial charge is 0.494 e. The Morgan fingerprint density at radius 3 is 2.62 bits per heavy atom. The molecular weight excluding hydrogens is 448 g/mol. The van der Waals surface area contributed by atoms with E-state index < -0.39 is 0 Å². The number of rotatable bonds is 7. The van der Waals surface area contributed by atoms with Crippen molar-refractivity contribution in [3.05, 3.63) is 63.9 Å². The maximum absolute atomic E-state index is 12.2. The van der Waals surface area contributed by atoms with Crippen molar-refractivity contribution in [2.75, 3.05) is 11.9 Å². The van der Waals surface area contributed by atoms with E-state index >= 15 is 0 Å². The first-order valence-corrected chi connectivity index (χ1v) is 11.2. The van der Waals surface area contributed by atoms with Crippen LogP contribution >= 0.6 is 27.3 Å². The summed E-state index contributed by atoms with van der Waals surface area (Å²) >= 11 is 4.89. The molecule has 3 aromatic rings. The van der Waals surface area contributed by atoms with Crippen LogP contribution in [0.5, 0.6) is 5.75 Å². The Bertz CT molecular complexity index is 962. The van der Waals surface area contributed by atoms with Crippen molar-refractivity contribution < 1.29 is 9.53 Å². The van der Waals surface area contributed by atoms with Crippen LogP contribution in [0, 0.1) is 0 Å². The predicted octanol–water partition coefficient (Wildman–Crippen LogP) is 6.67. The molecule has 0 saturated carbocycles. The van der Waals surface area contributed by atoms with Gasteiger partial charge in [0.15, 0.2) is 5.13 Å². The summed E-state index contributed by atoms with van der Waals surface area (Å²) in [6, 6.07) is 16.1. The van der Waals surface area contributed by atoms with Crippen LogP contribution in [0.2, 0.25) is 0 Å². The van der Waals surface area contributed by atoms with Gasteiger partial charge in [-0.3, -0.25) is 4.79 Å². The minimum atomic E-state index is -0.0492. The first kappa shape index (κ1) is 21.5. The summed E-state index contributed by atoms with van der Waals surface area (Å²) in [5.74, 6) is 0.781. The van der Waals surface area contributed by atoms with Crippen LogP contribution in [0.25, 0.3) is 11.3 Å². The summed E-state index contributed by atoms with van der Waals surface area (Å²) < 4.78 is 6.75. The number of nitrogens with one attached hydrogen (secondary N) is 1. The van der Waals surface area contributed by atoms with E-state index in [4.69, 9.17) is 4.74 Å². The van der Waals surface area contributed by atoms with Gasteiger partial charge in [0.25, 0.3) is 0 Å². The lowest BCUT2D eigenvalue weighted by Gasteiger charge is -2.19. The molecule has 6 heteroatoms. The molecule has 0 spiro atoms. The van der Waals surface area contributed by atoms with E-state index in [9.17, 15) is 4.79 Å². The van der Waals surface area contributed by atoms with Crippen molar-refractivity contribution in [2.45, 2.75) is 39.0 Å². The second kappa shape index (κ2) is 9.55. The number of thiazole rings is 1. The number of halogens is 1. The Morgan fingerprint density at radius 1 is 1.17 bits per heavy atom. The molecule has 29 heavy (non-hydrogen) atoms. The van der Waals surface area contributed by atoms with Crippen LogP contribution in [-0.4, -0.2) is 17.5 Å². The fraction of sp³-hybridized carbons (Fsp3) is 0.304. The normalized spacial score (nSPS) is 11.3. The topological polar surface area (TPSA) is 51.2 Å². The number of ether oxygens (including phenoxy) is 1. The molecule has 0 fully saturated rings. The summed E-state index contributed by atoms with van der Waals surface area (Å²) in [5, 5.41) is 5.43. The summed E-state index contributed by atoms with van der Waals surface area (Å²) in [5.41, 5.74) is 3.27. The van der Waals surface area contributed by atoms with Crippen LogP contribution in [0.4, 0.5) is 5.13 Å². The van der Waals surface area contributed by atoms with Crippen LogP contribution in [-0.2, 0) is 10.2 Å². The van der Waals surface area contributed by atoms with Gasteiger partial charge in [0.05, 0.1) is 12.3 Å². The highest BCUT2D eigenvalue weighted by molar-refractivity contribution is 9.10. The van der Waals surface area contributed by atoms with Crippen molar-refractivity contribution >= 4 is 38.3 Å². The number of amides is 1. The average molecular weight is 473 g/mol. The molecule has 0 radical (unpaired) electrons. The van der Waals surface area contributed by atoms with Gasteiger partial charge in [0.1, 0.15) is 5.75 Å². The number of benzene rings is 2. The maximum atomic E-state index is 12.2. The van der Waals surface area contributed by atoms with Crippen molar-refractivity contribution in [1.29, 1.82) is 0 Å². The maximum Gasteiger partial charge on any atom is 0.226 e. The highest BCUT2D eigenvalue weighted by Crippen LogP contribution is 2.27. The second-order valence-corrected chi connectivity index (χ2v) is 9.60. The van der Waals surface area contributed by atoms with Crippen LogP contribution in [0.15, 0.2) is 58.4 Å². The molecule has 0 aliphatic carbocycles. The summed E-state index contributed by atoms with van der Waals surface area (Å²) in [6.07, 6.45) is 1.04. The average Bonchev–Trinajstić information content (AvgIpc) is 3.13. The van der Waals surface area contributed by atoms with Gasteiger partial charge in [0.2, 0.25) is 5.91 Å². The van der Waals surface area contributed by atoms with Crippen molar-refractivity contribution in [2.24, 2.45) is 0 Å². The minimum absolute atomic E-state index is 0.0492. The fourth-order valence-electron chi connectivity index (χ4n) is 2.77. The third kappa shape index (κ3) is 6.41. The third-order valence-electron chi connectivity index (χ3n) is 4.41. The quantitative estimate of drug-likeness (QED) is 0.390. The lowest BCUT2D eigenvalue weighted by molar-refractivity contribution is -0.116. The van der Waals surface area contributed by atoms with Gasteiger partial charge >= 0.3 is 0 Å². The molecule has 1 heterocycles. The first-order chi connectivity index (χ1) is 13.8. The van der Waals surface area contributed by atoms with Gasteiger partial charge in [-0.1, -0.05) is 61.0 Å². The molecule has 1 amide bonds. The van der Waals surface area contributed by atoms with E-state index in [0.29, 0.717) is 24.6 Å². The summed E-state index contributed by atoms with van der Waals surface area (Å²) in [7, 11) is 0. The lowest BCUT2D eigenvalue weighted by atomic mass is 9.87. The molecule has 2 aromatic carbocycles. The molecule has 3 rings (SSSR count). The SMILES string of the molecule is CC(C)(C)c1ccc(OCCCC(=O)Nc2nc(-c3cccc(Br)c3)cs2)cc1. The molecular formula is C23H25BrN2O2S. The van der Waals surface area contributed by atoms with Crippen LogP contribution in [0.1, 0.15) is 39.2 Å². The number of nitrogens with zero attached hydrogens (tertiary/aromatic N) is 1. The van der Waals surface area contributed by atoms with E-state index in [-0.39, 0.29) is 11.3 Å². The zero-order valence-electron chi connectivity index (χ0n) is 16.9. The monoisotopic (exact) mass is 472 g/mol. The molecule has 1 N–H and O–H groups in total. The molecule has 0 saturated heterocycles. The number of aromatic nitrogens is 1. The smallest absolute Gasteiger partial charge is 0.226 e. The Labute approximate surface area is 184 Å². The van der Waals surface area contributed by atoms with Crippen molar-refractivity contribution in [1.82, 2.24) is 4.98 Å². The molecule has 1 aromatic heterocycles. The fourth-order valence-corrected chi connectivity index (χ4v) is 3.90. The Hall–Kier alpha value is -2.18. The van der Waals surface area contributed by atoms with Gasteiger partial charge in [0, 0.05) is 21.8 Å². The zero-order chi connectivity index (χ0) is 20.9. The zero-order valence-corrected chi connectivity index (χ0v) is 19.3. The van der Waals surface area contributed by atoms with Crippen molar-refractivity contribution in [3.8, 4) is 17.0 Å². The van der Waals surface area contributed by atoms with Gasteiger partial charge in [-0.25, -0.2) is 4.98 Å². The van der Waals surface area contributed by atoms with Gasteiger partial charge in [-0.05, 0) is 41.7 Å². The van der Waals surface area contributed by atoms with Gasteiger partial charge in [-0.15, -0.1) is 11.3 Å². The van der Waals surface area contributed by atoms with Gasteiger partial charge in [-0.2, -0.15) is 0 Å². The summed E-state index contributed by atoms with van der Waals surface area (Å²) in [6.45, 7) is 7.06. The molecule has 0 aliphatic heterocycles. The molecule has 4 nitrogen and oxygen atoms in total. The first-order valence-electron chi connectivity index (χ1n) is 9.56. The number of carbonyl (C=O) groups excluding carboxylic acids is 1. The van der Waals surface area contributed by atoms with E-state index in [0.717, 1.165) is 21.5 Å². The molecule has 0 unspecified atom stereocenters. The number of hydrogen-bond donors (Lipinski definition) is 1. The Balaban J connectivity index is 1.42. The lowest BCUT2D eigenvalue weighted by Crippen LogP contribution is -2.13. The molecule has 0 atom stereocenters. The summed E-state index contributed by atoms with van der Waals surface area (Å²) in [4.78, 5) is 16.7. The highest BCUT2D eigenvalue weighted by atomic mass is 79.9. The van der Waals surface area contributed by atoms with E-state index in [1.807, 2.05) is 41.8 Å².